The van der Waals surface area contributed by atoms with Crippen molar-refractivity contribution in [2.24, 2.45) is 5.73 Å². The number of likely N-dealkylation sites (N-methyl/N-ethyl adjacent to an activating group) is 1. The van der Waals surface area contributed by atoms with E-state index in [1.165, 1.54) is 0 Å². The lowest BCUT2D eigenvalue weighted by Gasteiger charge is -2.29. The van der Waals surface area contributed by atoms with E-state index in [1.54, 1.807) is 6.07 Å². The zero-order chi connectivity index (χ0) is 12.1. The minimum absolute atomic E-state index is 0.186. The van der Waals surface area contributed by atoms with Crippen LogP contribution in [0.3, 0.4) is 0 Å². The van der Waals surface area contributed by atoms with Crippen molar-refractivity contribution in [1.82, 2.24) is 4.90 Å². The van der Waals surface area contributed by atoms with Crippen LogP contribution in [0, 0.1) is 0 Å². The van der Waals surface area contributed by atoms with Crippen molar-refractivity contribution in [3.63, 3.8) is 0 Å². The van der Waals surface area contributed by atoms with E-state index >= 15 is 0 Å². The Labute approximate surface area is 107 Å². The molecule has 0 radical (unpaired) electrons. The second-order valence-corrected chi connectivity index (χ2v) is 4.55. The Morgan fingerprint density at radius 2 is 1.62 bits per heavy atom. The van der Waals surface area contributed by atoms with Gasteiger partial charge in [-0.15, -0.1) is 0 Å². The van der Waals surface area contributed by atoms with Crippen molar-refractivity contribution in [3.05, 3.63) is 33.8 Å². The topological polar surface area (TPSA) is 29.3 Å². The Kier molecular flexibility index (Phi) is 5.56. The summed E-state index contributed by atoms with van der Waals surface area (Å²) in [5, 5.41) is 1.32. The van der Waals surface area contributed by atoms with Gasteiger partial charge in [-0.25, -0.2) is 0 Å². The van der Waals surface area contributed by atoms with E-state index in [0.29, 0.717) is 16.6 Å². The van der Waals surface area contributed by atoms with Crippen LogP contribution in [0.1, 0.15) is 25.5 Å². The van der Waals surface area contributed by atoms with Crippen molar-refractivity contribution in [2.45, 2.75) is 19.9 Å². The molecule has 0 amide bonds. The highest BCUT2D eigenvalue weighted by atomic mass is 35.5. The SMILES string of the molecule is CCN(CC)[C@H](CN)c1cc(Cl)cc(Cl)c1. The van der Waals surface area contributed by atoms with Gasteiger partial charge in [0.05, 0.1) is 0 Å². The van der Waals surface area contributed by atoms with Gasteiger partial charge in [-0.1, -0.05) is 37.0 Å². The van der Waals surface area contributed by atoms with Crippen LogP contribution < -0.4 is 5.73 Å². The van der Waals surface area contributed by atoms with Gasteiger partial charge in [0.25, 0.3) is 0 Å². The molecular formula is C12H18Cl2N2. The average Bonchev–Trinajstić information content (AvgIpc) is 2.24. The minimum atomic E-state index is 0.186. The predicted octanol–water partition coefficient (Wildman–Crippen LogP) is 3.34. The molecule has 1 aromatic carbocycles. The summed E-state index contributed by atoms with van der Waals surface area (Å²) >= 11 is 12.0. The number of nitrogens with zero attached hydrogens (tertiary/aromatic N) is 1. The van der Waals surface area contributed by atoms with E-state index in [2.05, 4.69) is 18.7 Å². The molecule has 0 saturated carbocycles. The molecule has 0 aliphatic carbocycles. The molecule has 0 heterocycles. The van der Waals surface area contributed by atoms with Gasteiger partial charge < -0.3 is 5.73 Å². The molecular weight excluding hydrogens is 243 g/mol. The molecule has 0 aliphatic heterocycles. The molecule has 0 saturated heterocycles. The maximum absolute atomic E-state index is 6.00. The lowest BCUT2D eigenvalue weighted by molar-refractivity contribution is 0.224. The summed E-state index contributed by atoms with van der Waals surface area (Å²) in [5.74, 6) is 0. The van der Waals surface area contributed by atoms with Crippen molar-refractivity contribution in [3.8, 4) is 0 Å². The van der Waals surface area contributed by atoms with Gasteiger partial charge in [0.2, 0.25) is 0 Å². The van der Waals surface area contributed by atoms with Crippen molar-refractivity contribution < 1.29 is 0 Å². The smallest absolute Gasteiger partial charge is 0.0471 e. The number of benzene rings is 1. The van der Waals surface area contributed by atoms with E-state index in [0.717, 1.165) is 18.7 Å². The summed E-state index contributed by atoms with van der Waals surface area (Å²) < 4.78 is 0. The van der Waals surface area contributed by atoms with E-state index in [1.807, 2.05) is 12.1 Å². The lowest BCUT2D eigenvalue weighted by atomic mass is 10.1. The third-order valence-electron chi connectivity index (χ3n) is 2.75. The third kappa shape index (κ3) is 3.36. The summed E-state index contributed by atoms with van der Waals surface area (Å²) in [5.41, 5.74) is 6.92. The van der Waals surface area contributed by atoms with Gasteiger partial charge in [0.15, 0.2) is 0 Å². The van der Waals surface area contributed by atoms with Crippen LogP contribution in [-0.4, -0.2) is 24.5 Å². The molecule has 0 fully saturated rings. The van der Waals surface area contributed by atoms with Gasteiger partial charge in [0, 0.05) is 22.6 Å². The maximum Gasteiger partial charge on any atom is 0.0471 e. The van der Waals surface area contributed by atoms with Gasteiger partial charge in [-0.05, 0) is 36.9 Å². The minimum Gasteiger partial charge on any atom is -0.329 e. The zero-order valence-corrected chi connectivity index (χ0v) is 11.2. The van der Waals surface area contributed by atoms with Crippen LogP contribution in [-0.2, 0) is 0 Å². The Balaban J connectivity index is 3.02. The van der Waals surface area contributed by atoms with Crippen molar-refractivity contribution in [2.75, 3.05) is 19.6 Å². The molecule has 0 bridgehead atoms. The highest BCUT2D eigenvalue weighted by Gasteiger charge is 2.16. The summed E-state index contributed by atoms with van der Waals surface area (Å²) in [6.07, 6.45) is 0. The Hall–Kier alpha value is -0.280. The van der Waals surface area contributed by atoms with E-state index < -0.39 is 0 Å². The van der Waals surface area contributed by atoms with Crippen LogP contribution in [0.4, 0.5) is 0 Å². The molecule has 0 aromatic heterocycles. The van der Waals surface area contributed by atoms with Gasteiger partial charge in [-0.2, -0.15) is 0 Å². The molecule has 1 atom stereocenters. The van der Waals surface area contributed by atoms with E-state index in [-0.39, 0.29) is 6.04 Å². The highest BCUT2D eigenvalue weighted by Crippen LogP contribution is 2.26. The number of hydrogen-bond acceptors (Lipinski definition) is 2. The van der Waals surface area contributed by atoms with E-state index in [4.69, 9.17) is 28.9 Å². The predicted molar refractivity (Wildman–Crippen MR) is 71.2 cm³/mol. The molecule has 1 rings (SSSR count). The first-order chi connectivity index (χ1) is 7.62. The van der Waals surface area contributed by atoms with Gasteiger partial charge >= 0.3 is 0 Å². The maximum atomic E-state index is 6.00. The normalized spacial score (nSPS) is 13.1. The molecule has 2 nitrogen and oxygen atoms in total. The summed E-state index contributed by atoms with van der Waals surface area (Å²) in [4.78, 5) is 2.29. The summed E-state index contributed by atoms with van der Waals surface area (Å²) in [7, 11) is 0. The largest absolute Gasteiger partial charge is 0.329 e. The number of rotatable bonds is 5. The van der Waals surface area contributed by atoms with Crippen LogP contribution in [0.2, 0.25) is 10.0 Å². The molecule has 2 N–H and O–H groups in total. The van der Waals surface area contributed by atoms with Crippen LogP contribution in [0.15, 0.2) is 18.2 Å². The molecule has 16 heavy (non-hydrogen) atoms. The second kappa shape index (κ2) is 6.45. The fourth-order valence-electron chi connectivity index (χ4n) is 1.93. The summed E-state index contributed by atoms with van der Waals surface area (Å²) in [6.45, 7) is 6.74. The number of halogens is 2. The molecule has 1 aromatic rings. The monoisotopic (exact) mass is 260 g/mol. The van der Waals surface area contributed by atoms with E-state index in [9.17, 15) is 0 Å². The fourth-order valence-corrected chi connectivity index (χ4v) is 2.47. The molecule has 0 spiro atoms. The van der Waals surface area contributed by atoms with Crippen LogP contribution >= 0.6 is 23.2 Å². The quantitative estimate of drug-likeness (QED) is 0.880. The summed E-state index contributed by atoms with van der Waals surface area (Å²) in [6, 6.07) is 5.79. The highest BCUT2D eigenvalue weighted by molar-refractivity contribution is 6.34. The van der Waals surface area contributed by atoms with Crippen molar-refractivity contribution in [1.29, 1.82) is 0 Å². The molecule has 90 valence electrons. The molecule has 0 unspecified atom stereocenters. The van der Waals surface area contributed by atoms with Crippen molar-refractivity contribution >= 4 is 23.2 Å². The fraction of sp³-hybridized carbons (Fsp3) is 0.500. The Bertz CT molecular complexity index is 318. The first-order valence-electron chi connectivity index (χ1n) is 5.52. The Morgan fingerprint density at radius 1 is 1.12 bits per heavy atom. The zero-order valence-electron chi connectivity index (χ0n) is 9.71. The van der Waals surface area contributed by atoms with Crippen LogP contribution in [0.25, 0.3) is 0 Å². The number of nitrogens with two attached hydrogens (primary N) is 1. The van der Waals surface area contributed by atoms with Gasteiger partial charge in [0.1, 0.15) is 0 Å². The number of hydrogen-bond donors (Lipinski definition) is 1. The first kappa shape index (κ1) is 13.8. The standard InChI is InChI=1S/C12H18Cl2N2/c1-3-16(4-2)12(8-15)9-5-10(13)7-11(14)6-9/h5-7,12H,3-4,8,15H2,1-2H3/t12-/m1/s1. The molecule has 0 aliphatic rings. The average molecular weight is 261 g/mol. The Morgan fingerprint density at radius 3 is 2.00 bits per heavy atom. The first-order valence-corrected chi connectivity index (χ1v) is 6.28. The van der Waals surface area contributed by atoms with Crippen LogP contribution in [0.5, 0.6) is 0 Å². The molecule has 4 heteroatoms. The third-order valence-corrected chi connectivity index (χ3v) is 3.18. The lowest BCUT2D eigenvalue weighted by Crippen LogP contribution is -2.33. The second-order valence-electron chi connectivity index (χ2n) is 3.68. The van der Waals surface area contributed by atoms with Gasteiger partial charge in [-0.3, -0.25) is 4.90 Å².